The number of hydrogen-bond donors (Lipinski definition) is 1. The zero-order valence-electron chi connectivity index (χ0n) is 29.4. The van der Waals surface area contributed by atoms with Crippen molar-refractivity contribution in [3.05, 3.63) is 125 Å². The van der Waals surface area contributed by atoms with Crippen molar-refractivity contribution in [3.63, 3.8) is 0 Å². The van der Waals surface area contributed by atoms with E-state index in [-0.39, 0.29) is 23.6 Å². The van der Waals surface area contributed by atoms with Gasteiger partial charge < -0.3 is 15.0 Å². The number of hydrogen-bond acceptors (Lipinski definition) is 4. The van der Waals surface area contributed by atoms with Gasteiger partial charge in [-0.25, -0.2) is 0 Å². The van der Waals surface area contributed by atoms with E-state index in [9.17, 15) is 14.4 Å². The van der Waals surface area contributed by atoms with E-state index in [1.54, 1.807) is 62.4 Å². The average molecular weight is 685 g/mol. The van der Waals surface area contributed by atoms with Crippen LogP contribution < -0.4 is 10.1 Å². The van der Waals surface area contributed by atoms with Crippen LogP contribution in [-0.4, -0.2) is 47.2 Å². The van der Waals surface area contributed by atoms with Crippen LogP contribution >= 0.6 is 11.6 Å². The lowest BCUT2D eigenvalue weighted by molar-refractivity contribution is -0.146. The molecule has 0 saturated carbocycles. The molecule has 1 aliphatic rings. The Kier molecular flexibility index (Phi) is 17.4. The zero-order chi connectivity index (χ0) is 35.3. The average Bonchev–Trinajstić information content (AvgIpc) is 3.57. The summed E-state index contributed by atoms with van der Waals surface area (Å²) in [5.74, 6) is 0.275. The third-order valence-electron chi connectivity index (χ3n) is 8.22. The number of allylic oxidation sites excluding steroid dienone is 10. The molecule has 0 aromatic heterocycles. The molecule has 1 saturated heterocycles. The lowest BCUT2D eigenvalue weighted by Gasteiger charge is -2.33. The van der Waals surface area contributed by atoms with E-state index in [1.807, 2.05) is 4.90 Å². The van der Waals surface area contributed by atoms with Crippen LogP contribution in [0.15, 0.2) is 109 Å². The van der Waals surface area contributed by atoms with Gasteiger partial charge in [0.25, 0.3) is 5.91 Å². The molecule has 262 valence electrons. The zero-order valence-corrected chi connectivity index (χ0v) is 30.2. The minimum Gasteiger partial charge on any atom is -0.478 e. The number of nitrogens with zero attached hydrogens (tertiary/aromatic N) is 1. The highest BCUT2D eigenvalue weighted by Gasteiger charge is 2.39. The van der Waals surface area contributed by atoms with Crippen molar-refractivity contribution in [3.8, 4) is 5.75 Å². The molecule has 2 aromatic rings. The molecular weight excluding hydrogens is 632 g/mol. The third kappa shape index (κ3) is 14.5. The molecule has 0 unspecified atom stereocenters. The molecule has 3 rings (SSSR count). The topological polar surface area (TPSA) is 75.7 Å². The van der Waals surface area contributed by atoms with E-state index in [0.717, 1.165) is 57.8 Å². The number of carbonyl (C=O) groups excluding carboxylic acids is 3. The molecule has 0 aliphatic carbocycles. The first-order chi connectivity index (χ1) is 23.7. The van der Waals surface area contributed by atoms with Crippen LogP contribution in [0.3, 0.4) is 0 Å². The number of unbranched alkanes of at least 4 members (excludes halogenated alkanes) is 1. The van der Waals surface area contributed by atoms with Gasteiger partial charge in [-0.05, 0) is 120 Å². The molecule has 0 bridgehead atoms. The molecule has 1 N–H and O–H groups in total. The number of halogens is 1. The Hall–Kier alpha value is -4.16. The van der Waals surface area contributed by atoms with Crippen molar-refractivity contribution in [1.29, 1.82) is 0 Å². The summed E-state index contributed by atoms with van der Waals surface area (Å²) in [5, 5.41) is 3.61. The van der Waals surface area contributed by atoms with Crippen LogP contribution in [0.1, 0.15) is 101 Å². The first-order valence-electron chi connectivity index (χ1n) is 17.6. The van der Waals surface area contributed by atoms with E-state index in [4.69, 9.17) is 16.3 Å². The summed E-state index contributed by atoms with van der Waals surface area (Å²) in [5.41, 5.74) is -0.0479. The van der Waals surface area contributed by atoms with E-state index < -0.39 is 5.60 Å². The summed E-state index contributed by atoms with van der Waals surface area (Å²) in [6.07, 6.45) is 30.5. The number of amides is 2. The fourth-order valence-electron chi connectivity index (χ4n) is 5.51. The predicted molar refractivity (Wildman–Crippen MR) is 202 cm³/mol. The Morgan fingerprint density at radius 3 is 1.92 bits per heavy atom. The second-order valence-corrected chi connectivity index (χ2v) is 13.1. The Morgan fingerprint density at radius 1 is 0.816 bits per heavy atom. The summed E-state index contributed by atoms with van der Waals surface area (Å²) in [4.78, 5) is 40.7. The van der Waals surface area contributed by atoms with Crippen molar-refractivity contribution in [2.24, 2.45) is 0 Å². The van der Waals surface area contributed by atoms with Gasteiger partial charge >= 0.3 is 0 Å². The first-order valence-corrected chi connectivity index (χ1v) is 18.0. The third-order valence-corrected chi connectivity index (χ3v) is 8.47. The van der Waals surface area contributed by atoms with Gasteiger partial charge in [0, 0.05) is 41.7 Å². The lowest BCUT2D eigenvalue weighted by atomic mass is 10.0. The molecule has 49 heavy (non-hydrogen) atoms. The van der Waals surface area contributed by atoms with Gasteiger partial charge in [0.15, 0.2) is 11.4 Å². The Balaban J connectivity index is 1.32. The number of benzene rings is 2. The normalized spacial score (nSPS) is 15.4. The van der Waals surface area contributed by atoms with Crippen molar-refractivity contribution >= 4 is 29.2 Å². The smallest absolute Gasteiger partial charge is 0.266 e. The SMILES string of the molecule is CCC=CCC=CCC=CCC=CCC=CCCCC(=O)NC[C@H]1CCCN1C(=O)C(C)(C)Oc1ccc(C(=O)c2ccc(Cl)cc2)cc1. The van der Waals surface area contributed by atoms with E-state index in [0.29, 0.717) is 41.4 Å². The highest BCUT2D eigenvalue weighted by atomic mass is 35.5. The molecule has 1 fully saturated rings. The lowest BCUT2D eigenvalue weighted by Crippen LogP contribution is -2.52. The largest absolute Gasteiger partial charge is 0.478 e. The van der Waals surface area contributed by atoms with Gasteiger partial charge in [-0.1, -0.05) is 79.3 Å². The highest BCUT2D eigenvalue weighted by Crippen LogP contribution is 2.26. The minimum absolute atomic E-state index is 0.00963. The van der Waals surface area contributed by atoms with Gasteiger partial charge in [0.2, 0.25) is 5.91 Å². The summed E-state index contributed by atoms with van der Waals surface area (Å²) in [6.45, 7) is 6.72. The van der Waals surface area contributed by atoms with Crippen molar-refractivity contribution in [2.75, 3.05) is 13.1 Å². The summed E-state index contributed by atoms with van der Waals surface area (Å²) in [7, 11) is 0. The van der Waals surface area contributed by atoms with Crippen LogP contribution in [-0.2, 0) is 9.59 Å². The number of ketones is 1. The Bertz CT molecular complexity index is 1470. The maximum absolute atomic E-state index is 13.6. The predicted octanol–water partition coefficient (Wildman–Crippen LogP) is 9.76. The fraction of sp³-hybridized carbons (Fsp3) is 0.405. The maximum atomic E-state index is 13.6. The molecule has 6 nitrogen and oxygen atoms in total. The van der Waals surface area contributed by atoms with Crippen LogP contribution in [0.2, 0.25) is 5.02 Å². The molecular formula is C42H53ClN2O4. The summed E-state index contributed by atoms with van der Waals surface area (Å²) in [6, 6.07) is 13.5. The quantitative estimate of drug-likeness (QED) is 0.0856. The van der Waals surface area contributed by atoms with Crippen LogP contribution in [0.4, 0.5) is 0 Å². The molecule has 2 amide bonds. The number of ether oxygens (including phenoxy) is 1. The molecule has 7 heteroatoms. The molecule has 0 spiro atoms. The maximum Gasteiger partial charge on any atom is 0.266 e. The van der Waals surface area contributed by atoms with Crippen LogP contribution in [0.5, 0.6) is 5.75 Å². The minimum atomic E-state index is -1.12. The van der Waals surface area contributed by atoms with Crippen molar-refractivity contribution in [2.45, 2.75) is 96.6 Å². The van der Waals surface area contributed by atoms with Gasteiger partial charge in [-0.3, -0.25) is 14.4 Å². The van der Waals surface area contributed by atoms with Crippen LogP contribution in [0, 0.1) is 0 Å². The summed E-state index contributed by atoms with van der Waals surface area (Å²) >= 11 is 5.94. The second kappa shape index (κ2) is 21.7. The van der Waals surface area contributed by atoms with E-state index in [2.05, 4.69) is 73.0 Å². The molecule has 1 atom stereocenters. The number of likely N-dealkylation sites (tertiary alicyclic amines) is 1. The number of carbonyl (C=O) groups is 3. The number of rotatable bonds is 20. The Morgan fingerprint density at radius 2 is 1.35 bits per heavy atom. The fourth-order valence-corrected chi connectivity index (χ4v) is 5.64. The molecule has 1 aliphatic heterocycles. The highest BCUT2D eigenvalue weighted by molar-refractivity contribution is 6.30. The van der Waals surface area contributed by atoms with E-state index >= 15 is 0 Å². The van der Waals surface area contributed by atoms with Crippen molar-refractivity contribution in [1.82, 2.24) is 10.2 Å². The van der Waals surface area contributed by atoms with E-state index in [1.165, 1.54) is 0 Å². The molecule has 1 heterocycles. The van der Waals surface area contributed by atoms with Gasteiger partial charge in [-0.2, -0.15) is 0 Å². The molecule has 0 radical (unpaired) electrons. The van der Waals surface area contributed by atoms with Gasteiger partial charge in [0.1, 0.15) is 5.75 Å². The molecule has 2 aromatic carbocycles. The summed E-state index contributed by atoms with van der Waals surface area (Å²) < 4.78 is 6.12. The van der Waals surface area contributed by atoms with Gasteiger partial charge in [0.05, 0.1) is 0 Å². The van der Waals surface area contributed by atoms with Crippen molar-refractivity contribution < 1.29 is 19.1 Å². The van der Waals surface area contributed by atoms with Gasteiger partial charge in [-0.15, -0.1) is 0 Å². The number of nitrogens with one attached hydrogen (secondary N) is 1. The Labute approximate surface area is 298 Å². The first kappa shape index (κ1) is 39.3. The van der Waals surface area contributed by atoms with Crippen LogP contribution in [0.25, 0.3) is 0 Å². The second-order valence-electron chi connectivity index (χ2n) is 12.7. The standard InChI is InChI=1S/C42H53ClN2O4/c1-4-5-6-7-8-9-10-11-12-13-14-15-16-17-18-19-20-23-39(46)44-33-37-22-21-32-45(37)41(48)42(2,3)49-38-30-26-35(27-31-38)40(47)34-24-28-36(43)29-25-34/h5-6,8-9,11-12,14-15,17-18,24-31,37H,4,7,10,13,16,19-23,32-33H2,1-3H3,(H,44,46)/t37-/m1/s1. The monoisotopic (exact) mass is 684 g/mol.